The number of nitrogens with zero attached hydrogens (tertiary/aromatic N) is 2. The number of allylic oxidation sites excluding steroid dienone is 1. The van der Waals surface area contributed by atoms with Crippen molar-refractivity contribution >= 4 is 49.2 Å². The van der Waals surface area contributed by atoms with E-state index in [0.717, 1.165) is 5.57 Å². The summed E-state index contributed by atoms with van der Waals surface area (Å²) in [4.78, 5) is 98.2. The number of rotatable bonds is 26. The van der Waals surface area contributed by atoms with Crippen molar-refractivity contribution < 1.29 is 56.7 Å². The molecule has 2 heterocycles. The third-order valence-electron chi connectivity index (χ3n) is 10.4. The molecular weight excluding hydrogens is 821 g/mol. The van der Waals surface area contributed by atoms with Crippen molar-refractivity contribution in [3.05, 3.63) is 60.3 Å². The Labute approximate surface area is 365 Å². The second-order valence-electron chi connectivity index (χ2n) is 17.2. The van der Waals surface area contributed by atoms with Gasteiger partial charge in [0.2, 0.25) is 23.6 Å². The molecule has 2 aliphatic heterocycles. The lowest BCUT2D eigenvalue weighted by molar-refractivity contribution is -0.139. The lowest BCUT2D eigenvalue weighted by atomic mass is 9.88. The Balaban J connectivity index is 1.84. The molecule has 4 amide bonds. The van der Waals surface area contributed by atoms with Crippen LogP contribution in [0, 0.1) is 17.8 Å². The summed E-state index contributed by atoms with van der Waals surface area (Å²) in [5.74, 6) is -5.51. The number of ketones is 2. The van der Waals surface area contributed by atoms with Crippen molar-refractivity contribution in [3.8, 4) is 0 Å². The van der Waals surface area contributed by atoms with E-state index < -0.39 is 91.3 Å². The van der Waals surface area contributed by atoms with E-state index >= 15 is 0 Å². The van der Waals surface area contributed by atoms with Crippen molar-refractivity contribution in [2.45, 2.75) is 130 Å². The molecule has 344 valence electrons. The third-order valence-corrected chi connectivity index (χ3v) is 11.4. The summed E-state index contributed by atoms with van der Waals surface area (Å²) in [5, 5.41) is 8.11. The van der Waals surface area contributed by atoms with E-state index in [1.54, 1.807) is 69.6 Å². The number of ether oxygens (including phenoxy) is 2. The quantitative estimate of drug-likeness (QED) is 0.0751. The first-order chi connectivity index (χ1) is 29.1. The Morgan fingerprint density at radius 1 is 1.02 bits per heavy atom. The normalized spacial score (nSPS) is 19.7. The van der Waals surface area contributed by atoms with Crippen molar-refractivity contribution in [2.24, 2.45) is 22.7 Å². The molecule has 0 aliphatic carbocycles. The molecule has 1 unspecified atom stereocenters. The van der Waals surface area contributed by atoms with Crippen molar-refractivity contribution in [2.75, 3.05) is 26.8 Å². The van der Waals surface area contributed by atoms with Gasteiger partial charge >= 0.3 is 7.82 Å². The fraction of sp³-hybridized carbons (Fsp3) is 0.614. The Hall–Kier alpha value is -4.38. The molecule has 4 N–H and O–H groups in total. The summed E-state index contributed by atoms with van der Waals surface area (Å²) in [5.41, 5.74) is 0.635. The molecule has 2 aliphatic rings. The molecular formula is C44H66N5O12P. The Bertz CT molecular complexity index is 1830. The average molecular weight is 888 g/mol. The van der Waals surface area contributed by atoms with Crippen LogP contribution in [0.1, 0.15) is 92.6 Å². The molecule has 0 aromatic heterocycles. The van der Waals surface area contributed by atoms with Crippen LogP contribution in [0.15, 0.2) is 59.8 Å². The fourth-order valence-electron chi connectivity index (χ4n) is 7.10. The maximum atomic E-state index is 14.3. The van der Waals surface area contributed by atoms with Gasteiger partial charge in [-0.1, -0.05) is 50.3 Å². The summed E-state index contributed by atoms with van der Waals surface area (Å²) in [6.45, 7) is 15.4. The maximum Gasteiger partial charge on any atom is 0.472 e. The molecule has 18 heteroatoms. The smallest absolute Gasteiger partial charge is 0.373 e. The van der Waals surface area contributed by atoms with Gasteiger partial charge in [0.25, 0.3) is 0 Å². The van der Waals surface area contributed by atoms with Crippen LogP contribution in [-0.4, -0.2) is 114 Å². The van der Waals surface area contributed by atoms with Crippen molar-refractivity contribution in [1.29, 1.82) is 0 Å². The predicted molar refractivity (Wildman–Crippen MR) is 232 cm³/mol. The highest BCUT2D eigenvalue weighted by atomic mass is 31.2. The summed E-state index contributed by atoms with van der Waals surface area (Å²) in [6, 6.07) is 5.47. The summed E-state index contributed by atoms with van der Waals surface area (Å²) in [7, 11) is -3.37. The van der Waals surface area contributed by atoms with Gasteiger partial charge in [-0.05, 0) is 57.6 Å². The van der Waals surface area contributed by atoms with E-state index in [2.05, 4.69) is 27.5 Å². The van der Waals surface area contributed by atoms with Gasteiger partial charge in [0.05, 0.1) is 49.6 Å². The topological polar surface area (TPSA) is 228 Å². The molecule has 1 fully saturated rings. The number of phosphoric ester groups is 1. The number of hydrogen-bond donors (Lipinski definition) is 4. The van der Waals surface area contributed by atoms with Crippen LogP contribution in [-0.2, 0) is 58.5 Å². The molecule has 1 aromatic rings. The largest absolute Gasteiger partial charge is 0.472 e. The van der Waals surface area contributed by atoms with Gasteiger partial charge in [0, 0.05) is 64.5 Å². The van der Waals surface area contributed by atoms with Gasteiger partial charge in [0.15, 0.2) is 11.6 Å². The van der Waals surface area contributed by atoms with E-state index in [1.807, 2.05) is 13.8 Å². The van der Waals surface area contributed by atoms with Gasteiger partial charge in [-0.2, -0.15) is 0 Å². The second-order valence-corrected chi connectivity index (χ2v) is 18.6. The van der Waals surface area contributed by atoms with E-state index in [9.17, 15) is 38.2 Å². The molecule has 0 saturated carbocycles. The van der Waals surface area contributed by atoms with Gasteiger partial charge in [0.1, 0.15) is 12.1 Å². The van der Waals surface area contributed by atoms with Gasteiger partial charge in [-0.3, -0.25) is 42.8 Å². The third kappa shape index (κ3) is 17.4. The first kappa shape index (κ1) is 52.0. The van der Waals surface area contributed by atoms with Gasteiger partial charge in [-0.15, -0.1) is 6.58 Å². The number of carbonyl (C=O) groups is 6. The van der Waals surface area contributed by atoms with Crippen molar-refractivity contribution in [3.63, 3.8) is 0 Å². The van der Waals surface area contributed by atoms with Crippen LogP contribution in [0.4, 0.5) is 0 Å². The number of amides is 4. The van der Waals surface area contributed by atoms with Crippen LogP contribution in [0.3, 0.4) is 0 Å². The zero-order valence-corrected chi connectivity index (χ0v) is 38.2. The van der Waals surface area contributed by atoms with E-state index in [1.165, 1.54) is 25.8 Å². The summed E-state index contributed by atoms with van der Waals surface area (Å²) >= 11 is 0. The Morgan fingerprint density at radius 3 is 2.27 bits per heavy atom. The molecule has 0 spiro atoms. The minimum absolute atomic E-state index is 0.0371. The molecule has 1 aromatic carbocycles. The number of phosphoric acid groups is 1. The first-order valence-electron chi connectivity index (χ1n) is 21.0. The highest BCUT2D eigenvalue weighted by Crippen LogP contribution is 2.46. The summed E-state index contributed by atoms with van der Waals surface area (Å²) < 4.78 is 35.2. The molecule has 0 bridgehead atoms. The van der Waals surface area contributed by atoms with Crippen LogP contribution in [0.5, 0.6) is 0 Å². The maximum absolute atomic E-state index is 14.3. The number of benzene rings is 1. The lowest BCUT2D eigenvalue weighted by Crippen LogP contribution is -2.52. The molecule has 3 rings (SSSR count). The van der Waals surface area contributed by atoms with Gasteiger partial charge < -0.3 is 35.2 Å². The molecule has 17 nitrogen and oxygen atoms in total. The average Bonchev–Trinajstić information content (AvgIpc) is 3.89. The van der Waals surface area contributed by atoms with E-state index in [-0.39, 0.29) is 63.9 Å². The SMILES string of the molecule is C=CCO[C@@H]1C[C@@H](C(=O)N[C@@H](CC(C)C)C(=O)C[C@@H](CC2=CN=CC2)C(=O)N[C@@H](COC(C)(C)C)C(=O)C[C@H](C(=O)NC)[C@@H](C)OP(=O)(O)OCc2ccccc2)N(C(C)=O)C1. The minimum Gasteiger partial charge on any atom is -0.373 e. The fourth-order valence-corrected chi connectivity index (χ4v) is 8.04. The van der Waals surface area contributed by atoms with Crippen LogP contribution in [0.25, 0.3) is 0 Å². The Kier molecular flexibility index (Phi) is 20.5. The minimum atomic E-state index is -4.72. The van der Waals surface area contributed by atoms with Crippen LogP contribution in [0.2, 0.25) is 0 Å². The number of nitrogens with one attached hydrogen (secondary N) is 3. The highest BCUT2D eigenvalue weighted by Gasteiger charge is 2.41. The molecule has 8 atom stereocenters. The van der Waals surface area contributed by atoms with Crippen LogP contribution >= 0.6 is 7.82 Å². The van der Waals surface area contributed by atoms with Crippen molar-refractivity contribution in [1.82, 2.24) is 20.9 Å². The second kappa shape index (κ2) is 24.5. The van der Waals surface area contributed by atoms with Gasteiger partial charge in [-0.25, -0.2) is 4.57 Å². The lowest BCUT2D eigenvalue weighted by Gasteiger charge is -2.29. The highest BCUT2D eigenvalue weighted by molar-refractivity contribution is 7.47. The number of Topliss-reactive ketones (excluding diaryl/α,β-unsaturated/α-hetero) is 2. The monoisotopic (exact) mass is 887 g/mol. The zero-order valence-electron chi connectivity index (χ0n) is 37.3. The number of hydrogen-bond acceptors (Lipinski definition) is 12. The molecule has 0 radical (unpaired) electrons. The summed E-state index contributed by atoms with van der Waals surface area (Å²) in [6.07, 6.45) is 3.41. The number of aliphatic imine (C=N–C) groups is 1. The first-order valence-corrected chi connectivity index (χ1v) is 22.5. The molecule has 1 saturated heterocycles. The number of likely N-dealkylation sites (tertiary alicyclic amines) is 1. The Morgan fingerprint density at radius 2 is 1.69 bits per heavy atom. The van der Waals surface area contributed by atoms with E-state index in [0.29, 0.717) is 12.0 Å². The number of carbonyl (C=O) groups excluding carboxylic acids is 6. The molecule has 62 heavy (non-hydrogen) atoms. The van der Waals surface area contributed by atoms with E-state index in [4.69, 9.17) is 18.5 Å². The van der Waals surface area contributed by atoms with Crippen LogP contribution < -0.4 is 16.0 Å². The zero-order chi connectivity index (χ0) is 46.2. The standard InChI is InChI=1S/C44H66N5O12P/c1-10-18-58-34-22-38(49(25-34)30(5)50)43(55)47-36(19-28(2)3)39(51)21-33(20-32-16-17-46-24-32)41(53)48-37(27-59-44(6,7)8)40(52)23-35(42(54)45-9)29(4)61-62(56,57)60-26-31-14-12-11-13-15-31/h10-15,17,24,28-29,33-38H,1,16,18-23,25-27H2,2-9H3,(H,45,54)(H,47,55)(H,48,53)(H,56,57)/t29-,33-,34-,35+,36+,37+,38+/m1/s1. The predicted octanol–water partition coefficient (Wildman–Crippen LogP) is 4.38.